The smallest absolute Gasteiger partial charge is 0.245 e. The highest BCUT2D eigenvalue weighted by atomic mass is 79.9. The number of thiophene rings is 1. The molecule has 0 aliphatic heterocycles. The Hall–Kier alpha value is -2.64. The third-order valence-electron chi connectivity index (χ3n) is 3.81. The van der Waals surface area contributed by atoms with Crippen molar-refractivity contribution in [3.05, 3.63) is 80.5 Å². The van der Waals surface area contributed by atoms with Gasteiger partial charge in [-0.15, -0.1) is 11.3 Å². The van der Waals surface area contributed by atoms with E-state index >= 15 is 0 Å². The standard InChI is InChI=1S/C21H19BrN2O3S/c1-26-20-11-16(13-23-24-21(25)12-18-3-2-10-28-18)6-9-19(20)27-14-15-4-7-17(22)8-5-15/h2-11,13H,12,14H2,1H3,(H,24,25)/b23-13-. The van der Waals surface area contributed by atoms with E-state index in [1.54, 1.807) is 24.7 Å². The second-order valence-electron chi connectivity index (χ2n) is 5.87. The first-order chi connectivity index (χ1) is 13.6. The van der Waals surface area contributed by atoms with Gasteiger partial charge in [-0.2, -0.15) is 5.10 Å². The zero-order valence-corrected chi connectivity index (χ0v) is 17.6. The summed E-state index contributed by atoms with van der Waals surface area (Å²) < 4.78 is 12.3. The number of methoxy groups -OCH3 is 1. The summed E-state index contributed by atoms with van der Waals surface area (Å²) in [7, 11) is 1.59. The quantitative estimate of drug-likeness (QED) is 0.389. The average molecular weight is 459 g/mol. The van der Waals surface area contributed by atoms with Crippen molar-refractivity contribution in [2.24, 2.45) is 5.10 Å². The van der Waals surface area contributed by atoms with Gasteiger partial charge < -0.3 is 9.47 Å². The summed E-state index contributed by atoms with van der Waals surface area (Å²) in [6.45, 7) is 0.440. The largest absolute Gasteiger partial charge is 0.493 e. The second kappa shape index (κ2) is 10.1. The molecule has 2 aromatic carbocycles. The number of hydrogen-bond acceptors (Lipinski definition) is 5. The summed E-state index contributed by atoms with van der Waals surface area (Å²) in [5, 5.41) is 5.95. The minimum Gasteiger partial charge on any atom is -0.493 e. The number of nitrogens with one attached hydrogen (secondary N) is 1. The van der Waals surface area contributed by atoms with Gasteiger partial charge in [-0.05, 0) is 52.9 Å². The van der Waals surface area contributed by atoms with Gasteiger partial charge in [0.15, 0.2) is 11.5 Å². The maximum Gasteiger partial charge on any atom is 0.245 e. The van der Waals surface area contributed by atoms with E-state index in [-0.39, 0.29) is 5.91 Å². The van der Waals surface area contributed by atoms with Crippen LogP contribution in [0.15, 0.2) is 69.6 Å². The summed E-state index contributed by atoms with van der Waals surface area (Å²) in [6.07, 6.45) is 1.90. The first-order valence-electron chi connectivity index (χ1n) is 8.53. The number of benzene rings is 2. The van der Waals surface area contributed by atoms with E-state index < -0.39 is 0 Å². The summed E-state index contributed by atoms with van der Waals surface area (Å²) in [4.78, 5) is 12.9. The molecule has 144 valence electrons. The van der Waals surface area contributed by atoms with E-state index in [0.29, 0.717) is 24.5 Å². The number of hydrazone groups is 1. The van der Waals surface area contributed by atoms with Crippen LogP contribution in [0.2, 0.25) is 0 Å². The van der Waals surface area contributed by atoms with E-state index in [9.17, 15) is 4.79 Å². The van der Waals surface area contributed by atoms with Crippen LogP contribution in [0.3, 0.4) is 0 Å². The number of halogens is 1. The van der Waals surface area contributed by atoms with Crippen LogP contribution in [-0.4, -0.2) is 19.2 Å². The highest BCUT2D eigenvalue weighted by Crippen LogP contribution is 2.28. The molecule has 0 saturated carbocycles. The van der Waals surface area contributed by atoms with E-state index in [1.165, 1.54) is 0 Å². The molecule has 3 rings (SSSR count). The number of nitrogens with zero attached hydrogens (tertiary/aromatic N) is 1. The normalized spacial score (nSPS) is 10.8. The van der Waals surface area contributed by atoms with E-state index in [2.05, 4.69) is 26.5 Å². The van der Waals surface area contributed by atoms with Gasteiger partial charge >= 0.3 is 0 Å². The molecule has 0 spiro atoms. The zero-order chi connectivity index (χ0) is 19.8. The van der Waals surface area contributed by atoms with E-state index in [0.717, 1.165) is 20.5 Å². The molecule has 3 aromatic rings. The van der Waals surface area contributed by atoms with Crippen LogP contribution in [0, 0.1) is 0 Å². The second-order valence-corrected chi connectivity index (χ2v) is 7.82. The van der Waals surface area contributed by atoms with Crippen molar-refractivity contribution in [2.75, 3.05) is 7.11 Å². The minimum atomic E-state index is -0.153. The van der Waals surface area contributed by atoms with Crippen LogP contribution in [0.5, 0.6) is 11.5 Å². The molecule has 0 aliphatic rings. The maximum atomic E-state index is 11.9. The Morgan fingerprint density at radius 2 is 2.00 bits per heavy atom. The molecule has 1 amide bonds. The lowest BCUT2D eigenvalue weighted by Crippen LogP contribution is -2.19. The molecule has 0 atom stereocenters. The first-order valence-corrected chi connectivity index (χ1v) is 10.2. The maximum absolute atomic E-state index is 11.9. The SMILES string of the molecule is COc1cc(/C=N\NC(=O)Cc2cccs2)ccc1OCc1ccc(Br)cc1. The van der Waals surface area contributed by atoms with Crippen molar-refractivity contribution in [3.8, 4) is 11.5 Å². The van der Waals surface area contributed by atoms with Crippen LogP contribution in [0.4, 0.5) is 0 Å². The molecule has 0 unspecified atom stereocenters. The molecule has 28 heavy (non-hydrogen) atoms. The Morgan fingerprint density at radius 1 is 1.18 bits per heavy atom. The Kier molecular flexibility index (Phi) is 7.22. The summed E-state index contributed by atoms with van der Waals surface area (Å²) in [5.41, 5.74) is 4.39. The summed E-state index contributed by atoms with van der Waals surface area (Å²) >= 11 is 4.96. The molecule has 0 aliphatic carbocycles. The third kappa shape index (κ3) is 5.94. The predicted molar refractivity (Wildman–Crippen MR) is 115 cm³/mol. The van der Waals surface area contributed by atoms with Crippen LogP contribution < -0.4 is 14.9 Å². The zero-order valence-electron chi connectivity index (χ0n) is 15.2. The summed E-state index contributed by atoms with van der Waals surface area (Å²) in [5.74, 6) is 1.09. The molecular weight excluding hydrogens is 440 g/mol. The van der Waals surface area contributed by atoms with Gasteiger partial charge in [0.1, 0.15) is 6.61 Å². The fraction of sp³-hybridized carbons (Fsp3) is 0.143. The van der Waals surface area contributed by atoms with Gasteiger partial charge in [0.05, 0.1) is 19.7 Å². The molecule has 5 nitrogen and oxygen atoms in total. The van der Waals surface area contributed by atoms with Crippen molar-refractivity contribution in [3.63, 3.8) is 0 Å². The Bertz CT molecular complexity index is 941. The Labute approximate surface area is 176 Å². The fourth-order valence-corrected chi connectivity index (χ4v) is 3.38. The number of carbonyl (C=O) groups is 1. The molecular formula is C21H19BrN2O3S. The molecule has 0 saturated heterocycles. The van der Waals surface area contributed by atoms with E-state index in [1.807, 2.05) is 60.0 Å². The van der Waals surface area contributed by atoms with Crippen LogP contribution in [0.25, 0.3) is 0 Å². The van der Waals surface area contributed by atoms with Gasteiger partial charge in [0.2, 0.25) is 5.91 Å². The lowest BCUT2D eigenvalue weighted by atomic mass is 10.2. The van der Waals surface area contributed by atoms with Crippen molar-refractivity contribution in [1.82, 2.24) is 5.43 Å². The molecule has 1 heterocycles. The average Bonchev–Trinajstić information content (AvgIpc) is 3.21. The van der Waals surface area contributed by atoms with Gasteiger partial charge in [-0.1, -0.05) is 34.1 Å². The Balaban J connectivity index is 1.57. The topological polar surface area (TPSA) is 59.9 Å². The summed E-state index contributed by atoms with van der Waals surface area (Å²) in [6, 6.07) is 17.3. The van der Waals surface area contributed by atoms with Gasteiger partial charge in [0, 0.05) is 9.35 Å². The molecule has 1 N–H and O–H groups in total. The third-order valence-corrected chi connectivity index (χ3v) is 5.22. The fourth-order valence-electron chi connectivity index (χ4n) is 2.42. The highest BCUT2D eigenvalue weighted by molar-refractivity contribution is 9.10. The molecule has 0 bridgehead atoms. The number of hydrogen-bond donors (Lipinski definition) is 1. The highest BCUT2D eigenvalue weighted by Gasteiger charge is 2.06. The number of amides is 1. The van der Waals surface area contributed by atoms with Crippen LogP contribution in [-0.2, 0) is 17.8 Å². The van der Waals surface area contributed by atoms with Crippen LogP contribution >= 0.6 is 27.3 Å². The molecule has 0 radical (unpaired) electrons. The lowest BCUT2D eigenvalue weighted by Gasteiger charge is -2.11. The van der Waals surface area contributed by atoms with Crippen molar-refractivity contribution < 1.29 is 14.3 Å². The molecule has 1 aromatic heterocycles. The van der Waals surface area contributed by atoms with Gasteiger partial charge in [-0.3, -0.25) is 4.79 Å². The lowest BCUT2D eigenvalue weighted by molar-refractivity contribution is -0.120. The van der Waals surface area contributed by atoms with Crippen molar-refractivity contribution >= 4 is 39.4 Å². The predicted octanol–water partition coefficient (Wildman–Crippen LogP) is 4.79. The van der Waals surface area contributed by atoms with Crippen molar-refractivity contribution in [1.29, 1.82) is 0 Å². The monoisotopic (exact) mass is 458 g/mol. The van der Waals surface area contributed by atoms with E-state index in [4.69, 9.17) is 9.47 Å². The number of ether oxygens (including phenoxy) is 2. The Morgan fingerprint density at radius 3 is 2.71 bits per heavy atom. The van der Waals surface area contributed by atoms with Gasteiger partial charge in [-0.25, -0.2) is 5.43 Å². The van der Waals surface area contributed by atoms with Crippen molar-refractivity contribution in [2.45, 2.75) is 13.0 Å². The molecule has 0 fully saturated rings. The molecule has 7 heteroatoms. The van der Waals surface area contributed by atoms with Gasteiger partial charge in [0.25, 0.3) is 0 Å². The number of carbonyl (C=O) groups excluding carboxylic acids is 1. The van der Waals surface area contributed by atoms with Crippen LogP contribution in [0.1, 0.15) is 16.0 Å². The number of rotatable bonds is 8. The minimum absolute atomic E-state index is 0.153. The first kappa shape index (κ1) is 20.1.